The second-order valence-electron chi connectivity index (χ2n) is 4.57. The lowest BCUT2D eigenvalue weighted by molar-refractivity contribution is -0.140. The van der Waals surface area contributed by atoms with Gasteiger partial charge in [0.2, 0.25) is 0 Å². The van der Waals surface area contributed by atoms with Crippen molar-refractivity contribution in [3.05, 3.63) is 0 Å². The van der Waals surface area contributed by atoms with Gasteiger partial charge in [-0.2, -0.15) is 0 Å². The quantitative estimate of drug-likeness (QED) is 0.724. The molecule has 0 unspecified atom stereocenters. The second kappa shape index (κ2) is 6.08. The van der Waals surface area contributed by atoms with Crippen LogP contribution in [0.1, 0.15) is 33.1 Å². The lowest BCUT2D eigenvalue weighted by atomic mass is 10.0. The zero-order valence-corrected chi connectivity index (χ0v) is 9.53. The number of carboxylic acid groups (broad SMARTS) is 1. The van der Waals surface area contributed by atoms with Crippen molar-refractivity contribution in [2.24, 2.45) is 5.92 Å². The molecule has 4 nitrogen and oxygen atoms in total. The van der Waals surface area contributed by atoms with E-state index in [4.69, 9.17) is 9.84 Å². The summed E-state index contributed by atoms with van der Waals surface area (Å²) < 4.78 is 5.24. The van der Waals surface area contributed by atoms with Crippen molar-refractivity contribution in [3.8, 4) is 0 Å². The lowest BCUT2D eigenvalue weighted by Crippen LogP contribution is -2.46. The van der Waals surface area contributed by atoms with Gasteiger partial charge < -0.3 is 15.2 Å². The molecule has 1 atom stereocenters. The van der Waals surface area contributed by atoms with Gasteiger partial charge in [0.15, 0.2) is 0 Å². The van der Waals surface area contributed by atoms with Gasteiger partial charge in [-0.25, -0.2) is 0 Å². The standard InChI is InChI=1S/C11H21NO3/c1-8(2)7-10(11(13)14)12-9-3-5-15-6-4-9/h8-10,12H,3-7H2,1-2H3,(H,13,14)/t10-/m0/s1. The average molecular weight is 215 g/mol. The maximum absolute atomic E-state index is 11.0. The Kier molecular flexibility index (Phi) is 5.05. The molecule has 0 aliphatic carbocycles. The van der Waals surface area contributed by atoms with Crippen molar-refractivity contribution < 1.29 is 14.6 Å². The highest BCUT2D eigenvalue weighted by molar-refractivity contribution is 5.73. The number of hydrogen-bond acceptors (Lipinski definition) is 3. The van der Waals surface area contributed by atoms with Crippen molar-refractivity contribution in [1.29, 1.82) is 0 Å². The van der Waals surface area contributed by atoms with Crippen LogP contribution in [0.15, 0.2) is 0 Å². The summed E-state index contributed by atoms with van der Waals surface area (Å²) in [6, 6.07) is -0.105. The molecule has 4 heteroatoms. The first-order chi connectivity index (χ1) is 7.09. The number of rotatable bonds is 5. The van der Waals surface area contributed by atoms with Gasteiger partial charge >= 0.3 is 5.97 Å². The topological polar surface area (TPSA) is 58.6 Å². The molecule has 0 radical (unpaired) electrons. The molecule has 0 amide bonds. The van der Waals surface area contributed by atoms with Gasteiger partial charge in [0.1, 0.15) is 6.04 Å². The smallest absolute Gasteiger partial charge is 0.320 e. The summed E-state index contributed by atoms with van der Waals surface area (Å²) in [4.78, 5) is 11.0. The monoisotopic (exact) mass is 215 g/mol. The molecular weight excluding hydrogens is 194 g/mol. The number of carbonyl (C=O) groups is 1. The molecule has 2 N–H and O–H groups in total. The van der Waals surface area contributed by atoms with Crippen LogP contribution in [0.5, 0.6) is 0 Å². The fraction of sp³-hybridized carbons (Fsp3) is 0.909. The minimum atomic E-state index is -0.741. The summed E-state index contributed by atoms with van der Waals surface area (Å²) in [6.07, 6.45) is 2.52. The largest absolute Gasteiger partial charge is 0.480 e. The highest BCUT2D eigenvalue weighted by Crippen LogP contribution is 2.11. The van der Waals surface area contributed by atoms with Crippen LogP contribution in [-0.4, -0.2) is 36.4 Å². The maximum Gasteiger partial charge on any atom is 0.320 e. The predicted octanol–water partition coefficient (Wildman–Crippen LogP) is 1.25. The molecule has 0 bridgehead atoms. The summed E-state index contributed by atoms with van der Waals surface area (Å²) in [5.41, 5.74) is 0. The minimum absolute atomic E-state index is 0.304. The Morgan fingerprint density at radius 3 is 2.53 bits per heavy atom. The molecule has 0 aromatic rings. The van der Waals surface area contributed by atoms with Gasteiger partial charge in [0.05, 0.1) is 0 Å². The van der Waals surface area contributed by atoms with E-state index in [1.54, 1.807) is 0 Å². The minimum Gasteiger partial charge on any atom is -0.480 e. The second-order valence-corrected chi connectivity index (χ2v) is 4.57. The number of aliphatic carboxylic acids is 1. The lowest BCUT2D eigenvalue weighted by Gasteiger charge is -2.27. The zero-order valence-electron chi connectivity index (χ0n) is 9.53. The number of carboxylic acids is 1. The third-order valence-electron chi connectivity index (χ3n) is 2.66. The normalized spacial score (nSPS) is 20.5. The molecule has 0 saturated carbocycles. The van der Waals surface area contributed by atoms with Gasteiger partial charge in [-0.15, -0.1) is 0 Å². The number of hydrogen-bond donors (Lipinski definition) is 2. The van der Waals surface area contributed by atoms with E-state index in [-0.39, 0.29) is 0 Å². The molecule has 1 heterocycles. The highest BCUT2D eigenvalue weighted by Gasteiger charge is 2.23. The van der Waals surface area contributed by atoms with Crippen LogP contribution < -0.4 is 5.32 Å². The van der Waals surface area contributed by atoms with Gasteiger partial charge in [-0.3, -0.25) is 4.79 Å². The van der Waals surface area contributed by atoms with Crippen LogP contribution in [0, 0.1) is 5.92 Å². The van der Waals surface area contributed by atoms with Crippen LogP contribution in [0.4, 0.5) is 0 Å². The van der Waals surface area contributed by atoms with Crippen molar-refractivity contribution in [2.75, 3.05) is 13.2 Å². The summed E-state index contributed by atoms with van der Waals surface area (Å²) >= 11 is 0. The zero-order chi connectivity index (χ0) is 11.3. The predicted molar refractivity (Wildman–Crippen MR) is 57.9 cm³/mol. The molecular formula is C11H21NO3. The van der Waals surface area contributed by atoms with E-state index in [9.17, 15) is 4.79 Å². The van der Waals surface area contributed by atoms with Crippen molar-refractivity contribution >= 4 is 5.97 Å². The summed E-state index contributed by atoms with van der Waals surface area (Å²) in [7, 11) is 0. The van der Waals surface area contributed by atoms with E-state index in [2.05, 4.69) is 5.32 Å². The van der Waals surface area contributed by atoms with E-state index in [0.29, 0.717) is 18.4 Å². The van der Waals surface area contributed by atoms with Crippen molar-refractivity contribution in [2.45, 2.75) is 45.2 Å². The van der Waals surface area contributed by atoms with E-state index in [1.165, 1.54) is 0 Å². The van der Waals surface area contributed by atoms with Crippen LogP contribution in [0.25, 0.3) is 0 Å². The molecule has 0 aromatic carbocycles. The molecule has 0 spiro atoms. The SMILES string of the molecule is CC(C)C[C@H](NC1CCOCC1)C(=O)O. The van der Waals surface area contributed by atoms with Crippen molar-refractivity contribution in [1.82, 2.24) is 5.32 Å². The molecule has 88 valence electrons. The van der Waals surface area contributed by atoms with Crippen LogP contribution in [-0.2, 0) is 9.53 Å². The van der Waals surface area contributed by atoms with Gasteiger partial charge in [-0.05, 0) is 25.2 Å². The summed E-state index contributed by atoms with van der Waals surface area (Å²) in [6.45, 7) is 5.57. The molecule has 15 heavy (non-hydrogen) atoms. The summed E-state index contributed by atoms with van der Waals surface area (Å²) in [5, 5.41) is 12.3. The van der Waals surface area contributed by atoms with Crippen molar-refractivity contribution in [3.63, 3.8) is 0 Å². The Labute approximate surface area is 91.0 Å². The van der Waals surface area contributed by atoms with E-state index in [1.807, 2.05) is 13.8 Å². The summed E-state index contributed by atoms with van der Waals surface area (Å²) in [5.74, 6) is -0.339. The Balaban J connectivity index is 2.38. The Morgan fingerprint density at radius 1 is 1.47 bits per heavy atom. The molecule has 1 aliphatic heterocycles. The Morgan fingerprint density at radius 2 is 2.07 bits per heavy atom. The molecule has 0 aromatic heterocycles. The Bertz CT molecular complexity index is 200. The third kappa shape index (κ3) is 4.62. The number of ether oxygens (including phenoxy) is 1. The van der Waals surface area contributed by atoms with Gasteiger partial charge in [-0.1, -0.05) is 13.8 Å². The Hall–Kier alpha value is -0.610. The maximum atomic E-state index is 11.0. The average Bonchev–Trinajstić information content (AvgIpc) is 2.17. The fourth-order valence-electron chi connectivity index (χ4n) is 1.86. The first-order valence-electron chi connectivity index (χ1n) is 5.66. The third-order valence-corrected chi connectivity index (χ3v) is 2.66. The number of nitrogens with one attached hydrogen (secondary N) is 1. The van der Waals surface area contributed by atoms with E-state index in [0.717, 1.165) is 26.1 Å². The first-order valence-corrected chi connectivity index (χ1v) is 5.66. The molecule has 1 rings (SSSR count). The van der Waals surface area contributed by atoms with E-state index >= 15 is 0 Å². The molecule has 1 aliphatic rings. The molecule has 1 fully saturated rings. The van der Waals surface area contributed by atoms with E-state index < -0.39 is 12.0 Å². The van der Waals surface area contributed by atoms with Crippen LogP contribution in [0.3, 0.4) is 0 Å². The molecule has 1 saturated heterocycles. The fourth-order valence-corrected chi connectivity index (χ4v) is 1.86. The van der Waals surface area contributed by atoms with Gasteiger partial charge in [0, 0.05) is 19.3 Å². The highest BCUT2D eigenvalue weighted by atomic mass is 16.5. The van der Waals surface area contributed by atoms with Gasteiger partial charge in [0.25, 0.3) is 0 Å². The van der Waals surface area contributed by atoms with Crippen LogP contribution in [0.2, 0.25) is 0 Å². The van der Waals surface area contributed by atoms with Crippen LogP contribution >= 0.6 is 0 Å². The first kappa shape index (κ1) is 12.5.